The van der Waals surface area contributed by atoms with E-state index in [1.165, 1.54) is 38.5 Å². The zero-order valence-electron chi connectivity index (χ0n) is 9.37. The lowest BCUT2D eigenvalue weighted by molar-refractivity contribution is 0.0454. The lowest BCUT2D eigenvalue weighted by Crippen LogP contribution is -2.32. The summed E-state index contributed by atoms with van der Waals surface area (Å²) in [6.07, 6.45) is 8.96. The van der Waals surface area contributed by atoms with Crippen molar-refractivity contribution in [3.05, 3.63) is 0 Å². The minimum atomic E-state index is 0.483. The second-order valence-electron chi connectivity index (χ2n) is 5.32. The van der Waals surface area contributed by atoms with Gasteiger partial charge in [-0.25, -0.2) is 0 Å². The number of ether oxygens (including phenoxy) is 1. The Balaban J connectivity index is 1.30. The van der Waals surface area contributed by atoms with Crippen molar-refractivity contribution in [1.82, 2.24) is 10.6 Å². The summed E-state index contributed by atoms with van der Waals surface area (Å²) >= 11 is 0. The van der Waals surface area contributed by atoms with Crippen LogP contribution in [0.25, 0.3) is 0 Å². The highest BCUT2D eigenvalue weighted by Crippen LogP contribution is 2.23. The highest BCUT2D eigenvalue weighted by Gasteiger charge is 2.29. The fourth-order valence-electron chi connectivity index (χ4n) is 2.25. The Morgan fingerprint density at radius 1 is 0.733 bits per heavy atom. The molecule has 2 atom stereocenters. The lowest BCUT2D eigenvalue weighted by Gasteiger charge is -2.14. The van der Waals surface area contributed by atoms with Crippen molar-refractivity contribution in [3.8, 4) is 0 Å². The van der Waals surface area contributed by atoms with Crippen molar-refractivity contribution < 1.29 is 4.74 Å². The molecule has 3 nitrogen and oxygen atoms in total. The van der Waals surface area contributed by atoms with Crippen LogP contribution in [0.15, 0.2) is 0 Å². The Morgan fingerprint density at radius 2 is 1.20 bits per heavy atom. The van der Waals surface area contributed by atoms with Gasteiger partial charge >= 0.3 is 0 Å². The van der Waals surface area contributed by atoms with E-state index in [1.807, 2.05) is 0 Å². The van der Waals surface area contributed by atoms with Gasteiger partial charge in [-0.3, -0.25) is 0 Å². The molecule has 0 bridgehead atoms. The Hall–Kier alpha value is -0.120. The van der Waals surface area contributed by atoms with Gasteiger partial charge in [0.25, 0.3) is 0 Å². The van der Waals surface area contributed by atoms with E-state index in [-0.39, 0.29) is 0 Å². The molecule has 0 aromatic rings. The average Bonchev–Trinajstić information content (AvgIpc) is 3.14. The molecule has 1 heterocycles. The predicted molar refractivity (Wildman–Crippen MR) is 59.9 cm³/mol. The molecule has 2 aliphatic carbocycles. The van der Waals surface area contributed by atoms with Gasteiger partial charge in [0.05, 0.1) is 12.2 Å². The SMILES string of the molecule is C1CC1NCC1CCC(CNC2CC2)O1. The molecular weight excluding hydrogens is 188 g/mol. The fourth-order valence-corrected chi connectivity index (χ4v) is 2.25. The third-order valence-electron chi connectivity index (χ3n) is 3.62. The maximum absolute atomic E-state index is 5.99. The zero-order valence-corrected chi connectivity index (χ0v) is 9.37. The molecule has 0 aromatic carbocycles. The minimum absolute atomic E-state index is 0.483. The van der Waals surface area contributed by atoms with Crippen LogP contribution in [0.5, 0.6) is 0 Å². The van der Waals surface area contributed by atoms with Gasteiger partial charge in [0, 0.05) is 25.2 Å². The van der Waals surface area contributed by atoms with Crippen LogP contribution in [-0.4, -0.2) is 37.4 Å². The average molecular weight is 210 g/mol. The molecule has 0 amide bonds. The van der Waals surface area contributed by atoms with Crippen molar-refractivity contribution in [3.63, 3.8) is 0 Å². The van der Waals surface area contributed by atoms with Crippen LogP contribution >= 0.6 is 0 Å². The van der Waals surface area contributed by atoms with Crippen molar-refractivity contribution in [2.24, 2.45) is 0 Å². The van der Waals surface area contributed by atoms with E-state index in [4.69, 9.17) is 4.74 Å². The second kappa shape index (κ2) is 4.40. The largest absolute Gasteiger partial charge is 0.372 e. The summed E-state index contributed by atoms with van der Waals surface area (Å²) in [4.78, 5) is 0. The van der Waals surface area contributed by atoms with Gasteiger partial charge in [-0.1, -0.05) is 0 Å². The van der Waals surface area contributed by atoms with Gasteiger partial charge in [-0.15, -0.1) is 0 Å². The zero-order chi connectivity index (χ0) is 10.1. The third-order valence-corrected chi connectivity index (χ3v) is 3.62. The van der Waals surface area contributed by atoms with Gasteiger partial charge in [0.1, 0.15) is 0 Å². The molecule has 0 aromatic heterocycles. The molecular formula is C12H22N2O. The molecule has 3 aliphatic rings. The van der Waals surface area contributed by atoms with E-state index >= 15 is 0 Å². The van der Waals surface area contributed by atoms with Crippen LogP contribution in [0.1, 0.15) is 38.5 Å². The highest BCUT2D eigenvalue weighted by molar-refractivity contribution is 4.86. The Kier molecular flexibility index (Phi) is 2.95. The molecule has 0 spiro atoms. The molecule has 0 radical (unpaired) electrons. The first kappa shape index (κ1) is 10.1. The van der Waals surface area contributed by atoms with Crippen molar-refractivity contribution in [2.75, 3.05) is 13.1 Å². The van der Waals surface area contributed by atoms with Crippen LogP contribution in [0.3, 0.4) is 0 Å². The first-order valence-electron chi connectivity index (χ1n) is 6.52. The van der Waals surface area contributed by atoms with Crippen LogP contribution in [0, 0.1) is 0 Å². The monoisotopic (exact) mass is 210 g/mol. The third kappa shape index (κ3) is 3.16. The van der Waals surface area contributed by atoms with E-state index in [2.05, 4.69) is 10.6 Å². The van der Waals surface area contributed by atoms with Gasteiger partial charge in [-0.2, -0.15) is 0 Å². The van der Waals surface area contributed by atoms with Gasteiger partial charge in [0.2, 0.25) is 0 Å². The van der Waals surface area contributed by atoms with E-state index in [1.54, 1.807) is 0 Å². The first-order chi connectivity index (χ1) is 7.40. The Morgan fingerprint density at radius 3 is 1.60 bits per heavy atom. The molecule has 86 valence electrons. The maximum Gasteiger partial charge on any atom is 0.0704 e. The highest BCUT2D eigenvalue weighted by atomic mass is 16.5. The number of nitrogens with one attached hydrogen (secondary N) is 2. The van der Waals surface area contributed by atoms with Crippen molar-refractivity contribution in [2.45, 2.75) is 62.8 Å². The van der Waals surface area contributed by atoms with Gasteiger partial charge < -0.3 is 15.4 Å². The van der Waals surface area contributed by atoms with E-state index in [9.17, 15) is 0 Å². The van der Waals surface area contributed by atoms with Crippen molar-refractivity contribution >= 4 is 0 Å². The van der Waals surface area contributed by atoms with Crippen LogP contribution in [0.4, 0.5) is 0 Å². The van der Waals surface area contributed by atoms with Crippen molar-refractivity contribution in [1.29, 1.82) is 0 Å². The number of hydrogen-bond acceptors (Lipinski definition) is 3. The molecule has 3 heteroatoms. The number of rotatable bonds is 6. The molecule has 2 saturated carbocycles. The summed E-state index contributed by atoms with van der Waals surface area (Å²) in [6.45, 7) is 2.15. The van der Waals surface area contributed by atoms with Crippen LogP contribution in [0.2, 0.25) is 0 Å². The number of hydrogen-bond donors (Lipinski definition) is 2. The summed E-state index contributed by atoms with van der Waals surface area (Å²) in [5.74, 6) is 0. The summed E-state index contributed by atoms with van der Waals surface area (Å²) in [7, 11) is 0. The molecule has 1 aliphatic heterocycles. The standard InChI is InChI=1S/C12H22N2O/c1-2-9(1)13-7-11-5-6-12(15-11)8-14-10-3-4-10/h9-14H,1-8H2. The van der Waals surface area contributed by atoms with Crippen LogP contribution in [-0.2, 0) is 4.74 Å². The summed E-state index contributed by atoms with van der Waals surface area (Å²) in [5.41, 5.74) is 0. The Labute approximate surface area is 91.9 Å². The Bertz CT molecular complexity index is 192. The van der Waals surface area contributed by atoms with E-state index in [0.717, 1.165) is 25.2 Å². The smallest absolute Gasteiger partial charge is 0.0704 e. The van der Waals surface area contributed by atoms with E-state index < -0.39 is 0 Å². The molecule has 1 saturated heterocycles. The lowest BCUT2D eigenvalue weighted by atomic mass is 10.2. The predicted octanol–water partition coefficient (Wildman–Crippen LogP) is 1.04. The van der Waals surface area contributed by atoms with E-state index in [0.29, 0.717) is 12.2 Å². The van der Waals surface area contributed by atoms with Gasteiger partial charge in [-0.05, 0) is 38.5 Å². The maximum atomic E-state index is 5.99. The second-order valence-corrected chi connectivity index (χ2v) is 5.32. The van der Waals surface area contributed by atoms with Crippen LogP contribution < -0.4 is 10.6 Å². The minimum Gasteiger partial charge on any atom is -0.372 e. The quantitative estimate of drug-likeness (QED) is 0.687. The fraction of sp³-hybridized carbons (Fsp3) is 1.00. The summed E-state index contributed by atoms with van der Waals surface area (Å²) in [5, 5.41) is 7.10. The summed E-state index contributed by atoms with van der Waals surface area (Å²) in [6, 6.07) is 1.63. The molecule has 3 fully saturated rings. The topological polar surface area (TPSA) is 33.3 Å². The molecule has 2 unspecified atom stereocenters. The summed E-state index contributed by atoms with van der Waals surface area (Å²) < 4.78 is 5.99. The normalized spacial score (nSPS) is 36.0. The molecule has 2 N–H and O–H groups in total. The van der Waals surface area contributed by atoms with Gasteiger partial charge in [0.15, 0.2) is 0 Å². The first-order valence-corrected chi connectivity index (χ1v) is 6.52. The molecule has 15 heavy (non-hydrogen) atoms. The molecule has 3 rings (SSSR count).